The van der Waals surface area contributed by atoms with Gasteiger partial charge in [0.15, 0.2) is 11.5 Å². The van der Waals surface area contributed by atoms with Crippen molar-refractivity contribution in [2.24, 2.45) is 0 Å². The lowest BCUT2D eigenvalue weighted by molar-refractivity contribution is 0.327. The molecule has 0 aliphatic carbocycles. The smallest absolute Gasteiger partial charge is 0.211 e. The van der Waals surface area contributed by atoms with E-state index in [9.17, 15) is 8.42 Å². The Morgan fingerprint density at radius 3 is 2.39 bits per heavy atom. The van der Waals surface area contributed by atoms with Crippen LogP contribution in [0.4, 0.5) is 0 Å². The number of sulfonamides is 1. The number of fused-ring (bicyclic) bond motifs is 1. The monoisotopic (exact) mass is 342 g/mol. The number of benzene rings is 1. The van der Waals surface area contributed by atoms with E-state index in [1.807, 2.05) is 12.3 Å². The predicted octanol–water partition coefficient (Wildman–Crippen LogP) is 1.68. The van der Waals surface area contributed by atoms with Crippen molar-refractivity contribution in [3.8, 4) is 17.2 Å². The van der Waals surface area contributed by atoms with Crippen LogP contribution in [0.2, 0.25) is 0 Å². The van der Waals surface area contributed by atoms with Crippen LogP contribution in [0.15, 0.2) is 12.3 Å². The van der Waals surface area contributed by atoms with Gasteiger partial charge in [-0.3, -0.25) is 0 Å². The number of hydrogen-bond acceptors (Lipinski definition) is 5. The number of hydrogen-bond donors (Lipinski definition) is 2. The first-order valence-electron chi connectivity index (χ1n) is 7.23. The Labute approximate surface area is 136 Å². The van der Waals surface area contributed by atoms with Gasteiger partial charge in [0.1, 0.15) is 0 Å². The summed E-state index contributed by atoms with van der Waals surface area (Å²) in [6.07, 6.45) is 2.37. The van der Waals surface area contributed by atoms with Gasteiger partial charge in [0, 0.05) is 24.2 Å². The quantitative estimate of drug-likeness (QED) is 0.762. The molecule has 2 rings (SSSR count). The summed E-state index contributed by atoms with van der Waals surface area (Å²) in [5.41, 5.74) is 1.78. The molecule has 1 aromatic carbocycles. The summed E-state index contributed by atoms with van der Waals surface area (Å²) in [5, 5.41) is 0.862. The number of ether oxygens (including phenoxy) is 3. The molecule has 0 amide bonds. The van der Waals surface area contributed by atoms with Crippen LogP contribution in [0.3, 0.4) is 0 Å². The van der Waals surface area contributed by atoms with E-state index in [-0.39, 0.29) is 5.75 Å². The first kappa shape index (κ1) is 17.4. The summed E-state index contributed by atoms with van der Waals surface area (Å²) >= 11 is 0. The van der Waals surface area contributed by atoms with Gasteiger partial charge in [-0.25, -0.2) is 13.1 Å². The van der Waals surface area contributed by atoms with Crippen LogP contribution in [-0.2, 0) is 16.4 Å². The molecular weight excluding hydrogens is 320 g/mol. The van der Waals surface area contributed by atoms with Crippen LogP contribution in [0, 0.1) is 0 Å². The number of methoxy groups -OCH3 is 3. The zero-order valence-corrected chi connectivity index (χ0v) is 14.5. The molecule has 1 aromatic heterocycles. The van der Waals surface area contributed by atoms with Gasteiger partial charge in [0.2, 0.25) is 15.8 Å². The fourth-order valence-electron chi connectivity index (χ4n) is 2.47. The molecule has 0 fully saturated rings. The number of aromatic nitrogens is 1. The van der Waals surface area contributed by atoms with Gasteiger partial charge in [-0.1, -0.05) is 0 Å². The van der Waals surface area contributed by atoms with Crippen molar-refractivity contribution in [3.63, 3.8) is 0 Å². The van der Waals surface area contributed by atoms with E-state index in [1.165, 1.54) is 0 Å². The topological polar surface area (TPSA) is 89.7 Å². The molecule has 0 atom stereocenters. The summed E-state index contributed by atoms with van der Waals surface area (Å²) in [6, 6.07) is 1.83. The molecule has 0 saturated heterocycles. The Bertz CT molecular complexity index is 783. The van der Waals surface area contributed by atoms with Gasteiger partial charge >= 0.3 is 0 Å². The van der Waals surface area contributed by atoms with Crippen LogP contribution in [0.1, 0.15) is 12.5 Å². The molecule has 23 heavy (non-hydrogen) atoms. The standard InChI is InChI=1S/C15H22N2O5S/c1-5-23(18,19)17-7-6-10-9-16-11-8-12(20-2)14(21-3)15(22-4)13(10)11/h8-9,16-17H,5-7H2,1-4H3. The normalized spacial score (nSPS) is 11.7. The second kappa shape index (κ2) is 7.10. The van der Waals surface area contributed by atoms with E-state index in [1.54, 1.807) is 28.3 Å². The van der Waals surface area contributed by atoms with Crippen molar-refractivity contribution in [2.45, 2.75) is 13.3 Å². The van der Waals surface area contributed by atoms with Crippen LogP contribution >= 0.6 is 0 Å². The third kappa shape index (κ3) is 3.53. The highest BCUT2D eigenvalue weighted by Gasteiger charge is 2.19. The van der Waals surface area contributed by atoms with E-state index in [0.29, 0.717) is 30.2 Å². The van der Waals surface area contributed by atoms with Crippen molar-refractivity contribution >= 4 is 20.9 Å². The average Bonchev–Trinajstić information content (AvgIpc) is 2.95. The van der Waals surface area contributed by atoms with E-state index >= 15 is 0 Å². The summed E-state index contributed by atoms with van der Waals surface area (Å²) in [4.78, 5) is 3.16. The van der Waals surface area contributed by atoms with Crippen LogP contribution < -0.4 is 18.9 Å². The molecule has 0 aliphatic rings. The van der Waals surface area contributed by atoms with Crippen molar-refractivity contribution in [1.29, 1.82) is 0 Å². The highest BCUT2D eigenvalue weighted by atomic mass is 32.2. The fourth-order valence-corrected chi connectivity index (χ4v) is 3.08. The van der Waals surface area contributed by atoms with Crippen molar-refractivity contribution < 1.29 is 22.6 Å². The van der Waals surface area contributed by atoms with E-state index < -0.39 is 10.0 Å². The molecule has 7 nitrogen and oxygen atoms in total. The van der Waals surface area contributed by atoms with Gasteiger partial charge < -0.3 is 19.2 Å². The molecule has 2 N–H and O–H groups in total. The van der Waals surface area contributed by atoms with E-state index in [4.69, 9.17) is 14.2 Å². The molecular formula is C15H22N2O5S. The summed E-state index contributed by atoms with van der Waals surface area (Å²) < 4.78 is 41.8. The third-order valence-electron chi connectivity index (χ3n) is 3.65. The van der Waals surface area contributed by atoms with Crippen LogP contribution in [0.25, 0.3) is 10.9 Å². The molecule has 0 unspecified atom stereocenters. The Morgan fingerprint density at radius 2 is 1.83 bits per heavy atom. The second-order valence-corrected chi connectivity index (χ2v) is 7.03. The van der Waals surface area contributed by atoms with Gasteiger partial charge in [0.05, 0.1) is 32.6 Å². The maximum absolute atomic E-state index is 11.5. The Morgan fingerprint density at radius 1 is 1.13 bits per heavy atom. The van der Waals surface area contributed by atoms with Gasteiger partial charge in [0.25, 0.3) is 0 Å². The lowest BCUT2D eigenvalue weighted by atomic mass is 10.1. The minimum absolute atomic E-state index is 0.0647. The first-order chi connectivity index (χ1) is 11.0. The molecule has 128 valence electrons. The van der Waals surface area contributed by atoms with Gasteiger partial charge in [-0.05, 0) is 18.9 Å². The first-order valence-corrected chi connectivity index (χ1v) is 8.88. The molecule has 1 heterocycles. The molecule has 8 heteroatoms. The maximum Gasteiger partial charge on any atom is 0.211 e. The number of H-pyrrole nitrogens is 1. The third-order valence-corrected chi connectivity index (χ3v) is 5.05. The Balaban J connectivity index is 2.39. The maximum atomic E-state index is 11.5. The Hall–Kier alpha value is -1.93. The summed E-state index contributed by atoms with van der Waals surface area (Å²) in [5.74, 6) is 1.71. The summed E-state index contributed by atoms with van der Waals surface area (Å²) in [6.45, 7) is 1.93. The zero-order chi connectivity index (χ0) is 17.0. The van der Waals surface area contributed by atoms with Crippen molar-refractivity contribution in [2.75, 3.05) is 33.6 Å². The molecule has 0 saturated carbocycles. The zero-order valence-electron chi connectivity index (χ0n) is 13.7. The molecule has 0 bridgehead atoms. The highest BCUT2D eigenvalue weighted by Crippen LogP contribution is 2.44. The lowest BCUT2D eigenvalue weighted by Gasteiger charge is -2.14. The second-order valence-electron chi connectivity index (χ2n) is 4.93. The molecule has 0 radical (unpaired) electrons. The lowest BCUT2D eigenvalue weighted by Crippen LogP contribution is -2.27. The van der Waals surface area contributed by atoms with Crippen LogP contribution in [-0.4, -0.2) is 47.0 Å². The van der Waals surface area contributed by atoms with Crippen molar-refractivity contribution in [1.82, 2.24) is 9.71 Å². The highest BCUT2D eigenvalue weighted by molar-refractivity contribution is 7.89. The number of rotatable bonds is 8. The van der Waals surface area contributed by atoms with Crippen LogP contribution in [0.5, 0.6) is 17.2 Å². The molecule has 2 aromatic rings. The number of nitrogens with one attached hydrogen (secondary N) is 2. The van der Waals surface area contributed by atoms with E-state index in [0.717, 1.165) is 16.5 Å². The van der Waals surface area contributed by atoms with Crippen molar-refractivity contribution in [3.05, 3.63) is 17.8 Å². The molecule has 0 aliphatic heterocycles. The van der Waals surface area contributed by atoms with Gasteiger partial charge in [-0.2, -0.15) is 0 Å². The summed E-state index contributed by atoms with van der Waals surface area (Å²) in [7, 11) is 1.47. The SMILES string of the molecule is CCS(=O)(=O)NCCc1c[nH]c2cc(OC)c(OC)c(OC)c12. The average molecular weight is 342 g/mol. The van der Waals surface area contributed by atoms with E-state index in [2.05, 4.69) is 9.71 Å². The fraction of sp³-hybridized carbons (Fsp3) is 0.467. The largest absolute Gasteiger partial charge is 0.493 e. The Kier molecular flexibility index (Phi) is 5.38. The number of aromatic amines is 1. The predicted molar refractivity (Wildman–Crippen MR) is 89.1 cm³/mol. The van der Waals surface area contributed by atoms with Gasteiger partial charge in [-0.15, -0.1) is 0 Å². The minimum atomic E-state index is -3.20. The molecule has 0 spiro atoms. The minimum Gasteiger partial charge on any atom is -0.493 e.